The van der Waals surface area contributed by atoms with Gasteiger partial charge in [0, 0.05) is 11.1 Å². The summed E-state index contributed by atoms with van der Waals surface area (Å²) in [6.45, 7) is 1.82. The van der Waals surface area contributed by atoms with Crippen molar-refractivity contribution in [3.8, 4) is 5.75 Å². The third-order valence-electron chi connectivity index (χ3n) is 1.98. The second kappa shape index (κ2) is 4.80. The number of methoxy groups -OCH3 is 1. The van der Waals surface area contributed by atoms with E-state index in [4.69, 9.17) is 16.3 Å². The summed E-state index contributed by atoms with van der Waals surface area (Å²) in [6.07, 6.45) is 0. The minimum atomic E-state index is 0.0254. The molecule has 0 aliphatic rings. The van der Waals surface area contributed by atoms with Gasteiger partial charge < -0.3 is 4.74 Å². The third-order valence-corrected chi connectivity index (χ3v) is 2.79. The lowest BCUT2D eigenvalue weighted by molar-refractivity contribution is 0.102. The van der Waals surface area contributed by atoms with Crippen LogP contribution in [0, 0.1) is 6.92 Å². The summed E-state index contributed by atoms with van der Waals surface area (Å²) in [5, 5.41) is 0.828. The van der Waals surface area contributed by atoms with Crippen LogP contribution in [0.4, 0.5) is 0 Å². The first-order valence-electron chi connectivity index (χ1n) is 4.04. The number of ether oxygens (including phenoxy) is 1. The van der Waals surface area contributed by atoms with Crippen LogP contribution in [0.25, 0.3) is 0 Å². The van der Waals surface area contributed by atoms with Gasteiger partial charge in [0.25, 0.3) is 0 Å². The predicted octanol–water partition coefficient (Wildman–Crippen LogP) is 3.23. The average molecular weight is 278 g/mol. The van der Waals surface area contributed by atoms with Crippen LogP contribution in [0.1, 0.15) is 15.9 Å². The molecule has 0 atom stereocenters. The van der Waals surface area contributed by atoms with Crippen LogP contribution >= 0.6 is 27.5 Å². The van der Waals surface area contributed by atoms with E-state index in [9.17, 15) is 4.79 Å². The highest BCUT2D eigenvalue weighted by molar-refractivity contribution is 9.09. The molecule has 0 fully saturated rings. The Morgan fingerprint density at radius 2 is 2.21 bits per heavy atom. The zero-order valence-corrected chi connectivity index (χ0v) is 10.3. The minimum absolute atomic E-state index is 0.0254. The van der Waals surface area contributed by atoms with Crippen molar-refractivity contribution in [2.45, 2.75) is 6.92 Å². The van der Waals surface area contributed by atoms with Crippen LogP contribution in [0.3, 0.4) is 0 Å². The predicted molar refractivity (Wildman–Crippen MR) is 60.9 cm³/mol. The fourth-order valence-corrected chi connectivity index (χ4v) is 1.87. The lowest BCUT2D eigenvalue weighted by Crippen LogP contribution is -2.04. The van der Waals surface area contributed by atoms with E-state index in [0.29, 0.717) is 21.7 Å². The minimum Gasteiger partial charge on any atom is -0.495 e. The standard InChI is InChI=1S/C10H10BrClO2/c1-6-7(9(13)5-11)3-4-8(12)10(6)14-2/h3-4H,5H2,1-2H3. The molecule has 0 amide bonds. The summed E-state index contributed by atoms with van der Waals surface area (Å²) >= 11 is 9.03. The van der Waals surface area contributed by atoms with Crippen molar-refractivity contribution in [2.24, 2.45) is 0 Å². The van der Waals surface area contributed by atoms with Crippen LogP contribution in [-0.4, -0.2) is 18.2 Å². The Kier molecular flexibility index (Phi) is 3.96. The van der Waals surface area contributed by atoms with E-state index < -0.39 is 0 Å². The molecule has 76 valence electrons. The Balaban J connectivity index is 3.28. The lowest BCUT2D eigenvalue weighted by atomic mass is 10.0. The molecular formula is C10H10BrClO2. The molecule has 0 unspecified atom stereocenters. The Morgan fingerprint density at radius 1 is 1.57 bits per heavy atom. The van der Waals surface area contributed by atoms with Gasteiger partial charge in [-0.25, -0.2) is 0 Å². The van der Waals surface area contributed by atoms with Crippen LogP contribution < -0.4 is 4.74 Å². The van der Waals surface area contributed by atoms with Crippen LogP contribution in [0.2, 0.25) is 5.02 Å². The molecule has 0 heterocycles. The highest BCUT2D eigenvalue weighted by Gasteiger charge is 2.13. The van der Waals surface area contributed by atoms with Gasteiger partial charge in [0.1, 0.15) is 5.75 Å². The molecule has 0 saturated carbocycles. The molecule has 2 nitrogen and oxygen atoms in total. The summed E-state index contributed by atoms with van der Waals surface area (Å²) in [6, 6.07) is 3.38. The first kappa shape index (κ1) is 11.5. The van der Waals surface area contributed by atoms with Crippen LogP contribution in [0.15, 0.2) is 12.1 Å². The van der Waals surface area contributed by atoms with E-state index in [0.717, 1.165) is 5.56 Å². The van der Waals surface area contributed by atoms with Gasteiger partial charge in [-0.15, -0.1) is 0 Å². The molecule has 0 bridgehead atoms. The Hall–Kier alpha value is -0.540. The van der Waals surface area contributed by atoms with Gasteiger partial charge in [-0.3, -0.25) is 4.79 Å². The third kappa shape index (κ3) is 2.10. The molecule has 14 heavy (non-hydrogen) atoms. The molecule has 1 rings (SSSR count). The summed E-state index contributed by atoms with van der Waals surface area (Å²) in [5.41, 5.74) is 1.42. The number of rotatable bonds is 3. The van der Waals surface area contributed by atoms with E-state index in [1.165, 1.54) is 7.11 Å². The normalized spacial score (nSPS) is 10.0. The number of alkyl halides is 1. The van der Waals surface area contributed by atoms with Crippen molar-refractivity contribution in [3.05, 3.63) is 28.3 Å². The van der Waals surface area contributed by atoms with Crippen molar-refractivity contribution in [1.82, 2.24) is 0 Å². The molecular weight excluding hydrogens is 267 g/mol. The van der Waals surface area contributed by atoms with Crippen molar-refractivity contribution in [3.63, 3.8) is 0 Å². The van der Waals surface area contributed by atoms with Crippen LogP contribution in [0.5, 0.6) is 5.75 Å². The van der Waals surface area contributed by atoms with Crippen molar-refractivity contribution in [2.75, 3.05) is 12.4 Å². The second-order valence-corrected chi connectivity index (χ2v) is 3.78. The largest absolute Gasteiger partial charge is 0.495 e. The number of carbonyl (C=O) groups excluding carboxylic acids is 1. The van der Waals surface area contributed by atoms with Crippen molar-refractivity contribution in [1.29, 1.82) is 0 Å². The topological polar surface area (TPSA) is 26.3 Å². The second-order valence-electron chi connectivity index (χ2n) is 2.81. The highest BCUT2D eigenvalue weighted by Crippen LogP contribution is 2.30. The molecule has 0 radical (unpaired) electrons. The van der Waals surface area contributed by atoms with Crippen molar-refractivity contribution < 1.29 is 9.53 Å². The number of carbonyl (C=O) groups is 1. The quantitative estimate of drug-likeness (QED) is 0.626. The molecule has 0 saturated heterocycles. The average Bonchev–Trinajstić information content (AvgIpc) is 2.18. The summed E-state index contributed by atoms with van der Waals surface area (Å²) in [5.74, 6) is 0.593. The van der Waals surface area contributed by atoms with Gasteiger partial charge >= 0.3 is 0 Å². The molecule has 1 aromatic rings. The molecule has 1 aromatic carbocycles. The SMILES string of the molecule is COc1c(Cl)ccc(C(=O)CBr)c1C. The zero-order valence-electron chi connectivity index (χ0n) is 7.93. The summed E-state index contributed by atoms with van der Waals surface area (Å²) in [4.78, 5) is 11.5. The van der Waals surface area contributed by atoms with Gasteiger partial charge in [-0.05, 0) is 19.1 Å². The Bertz CT molecular complexity index is 363. The molecule has 0 spiro atoms. The fraction of sp³-hybridized carbons (Fsp3) is 0.300. The smallest absolute Gasteiger partial charge is 0.173 e. The number of hydrogen-bond donors (Lipinski definition) is 0. The maximum atomic E-state index is 11.5. The monoisotopic (exact) mass is 276 g/mol. The van der Waals surface area contributed by atoms with Gasteiger partial charge in [0.2, 0.25) is 0 Å². The maximum Gasteiger partial charge on any atom is 0.173 e. The number of ketones is 1. The van der Waals surface area contributed by atoms with E-state index in [1.54, 1.807) is 12.1 Å². The van der Waals surface area contributed by atoms with Gasteiger partial charge in [-0.2, -0.15) is 0 Å². The molecule has 0 aliphatic heterocycles. The van der Waals surface area contributed by atoms with E-state index in [1.807, 2.05) is 6.92 Å². The Labute approximate surface area is 96.3 Å². The van der Waals surface area contributed by atoms with Crippen LogP contribution in [-0.2, 0) is 0 Å². The number of benzene rings is 1. The molecule has 0 aromatic heterocycles. The fourth-order valence-electron chi connectivity index (χ4n) is 1.28. The first-order chi connectivity index (χ1) is 6.61. The lowest BCUT2D eigenvalue weighted by Gasteiger charge is -2.10. The summed E-state index contributed by atoms with van der Waals surface area (Å²) in [7, 11) is 1.54. The van der Waals surface area contributed by atoms with Gasteiger partial charge in [0.15, 0.2) is 5.78 Å². The zero-order chi connectivity index (χ0) is 10.7. The highest BCUT2D eigenvalue weighted by atomic mass is 79.9. The Morgan fingerprint density at radius 3 is 2.71 bits per heavy atom. The van der Waals surface area contributed by atoms with Gasteiger partial charge in [0.05, 0.1) is 17.5 Å². The first-order valence-corrected chi connectivity index (χ1v) is 5.54. The van der Waals surface area contributed by atoms with Crippen molar-refractivity contribution >= 4 is 33.3 Å². The molecule has 4 heteroatoms. The molecule has 0 N–H and O–H groups in total. The van der Waals surface area contributed by atoms with E-state index in [2.05, 4.69) is 15.9 Å². The summed E-state index contributed by atoms with van der Waals surface area (Å²) < 4.78 is 5.11. The van der Waals surface area contributed by atoms with Gasteiger partial charge in [-0.1, -0.05) is 27.5 Å². The maximum absolute atomic E-state index is 11.5. The van der Waals surface area contributed by atoms with E-state index >= 15 is 0 Å². The number of halogens is 2. The number of hydrogen-bond acceptors (Lipinski definition) is 2. The number of Topliss-reactive ketones (excluding diaryl/α,β-unsaturated/α-hetero) is 1. The van der Waals surface area contributed by atoms with E-state index in [-0.39, 0.29) is 5.78 Å². The molecule has 0 aliphatic carbocycles.